The van der Waals surface area contributed by atoms with E-state index in [2.05, 4.69) is 37.3 Å². The van der Waals surface area contributed by atoms with Gasteiger partial charge in [0.2, 0.25) is 0 Å². The van der Waals surface area contributed by atoms with E-state index in [9.17, 15) is 4.39 Å². The van der Waals surface area contributed by atoms with Crippen LogP contribution in [0.1, 0.15) is 18.1 Å². The second-order valence-electron chi connectivity index (χ2n) is 6.34. The summed E-state index contributed by atoms with van der Waals surface area (Å²) in [5.41, 5.74) is 4.25. The lowest BCUT2D eigenvalue weighted by Gasteiger charge is -2.10. The monoisotopic (exact) mass is 374 g/mol. The fourth-order valence-electron chi connectivity index (χ4n) is 2.93. The highest BCUT2D eigenvalue weighted by Crippen LogP contribution is 2.31. The van der Waals surface area contributed by atoms with Crippen LogP contribution >= 0.6 is 11.8 Å². The number of fused-ring (bicyclic) bond motifs is 1. The maximum Gasteiger partial charge on any atom is 0.161 e. The van der Waals surface area contributed by atoms with Crippen molar-refractivity contribution in [2.24, 2.45) is 0 Å². The number of thioether (sulfide) groups is 1. The zero-order chi connectivity index (χ0) is 18.6. The molecule has 0 spiro atoms. The predicted molar refractivity (Wildman–Crippen MR) is 110 cm³/mol. The molecule has 0 saturated heterocycles. The van der Waals surface area contributed by atoms with Crippen molar-refractivity contribution in [1.82, 2.24) is 9.97 Å². The molecule has 2 nitrogen and oxygen atoms in total. The van der Waals surface area contributed by atoms with E-state index in [4.69, 9.17) is 9.97 Å². The van der Waals surface area contributed by atoms with Crippen LogP contribution in [0.3, 0.4) is 0 Å². The lowest BCUT2D eigenvalue weighted by Crippen LogP contribution is -1.95. The van der Waals surface area contributed by atoms with E-state index in [0.717, 1.165) is 33.7 Å². The molecule has 0 saturated carbocycles. The molecule has 0 amide bonds. The van der Waals surface area contributed by atoms with Crippen molar-refractivity contribution < 1.29 is 4.39 Å². The van der Waals surface area contributed by atoms with Gasteiger partial charge in [0.15, 0.2) is 5.82 Å². The Balaban J connectivity index is 1.78. The number of aryl methyl sites for hydroxylation is 1. The van der Waals surface area contributed by atoms with Crippen LogP contribution < -0.4 is 0 Å². The first-order chi connectivity index (χ1) is 13.2. The van der Waals surface area contributed by atoms with Crippen LogP contribution in [0, 0.1) is 5.82 Å². The molecule has 4 heteroatoms. The van der Waals surface area contributed by atoms with Crippen molar-refractivity contribution in [3.63, 3.8) is 0 Å². The van der Waals surface area contributed by atoms with Crippen LogP contribution in [0.5, 0.6) is 0 Å². The third kappa shape index (κ3) is 4.01. The zero-order valence-corrected chi connectivity index (χ0v) is 15.8. The highest BCUT2D eigenvalue weighted by molar-refractivity contribution is 7.98. The first-order valence-corrected chi connectivity index (χ1v) is 9.95. The Morgan fingerprint density at radius 2 is 1.63 bits per heavy atom. The van der Waals surface area contributed by atoms with Gasteiger partial charge < -0.3 is 0 Å². The summed E-state index contributed by atoms with van der Waals surface area (Å²) in [7, 11) is 0. The molecule has 1 aromatic heterocycles. The number of aromatic nitrogens is 2. The largest absolute Gasteiger partial charge is 0.228 e. The van der Waals surface area contributed by atoms with E-state index in [1.54, 1.807) is 23.9 Å². The molecule has 27 heavy (non-hydrogen) atoms. The average molecular weight is 374 g/mol. The number of hydrogen-bond donors (Lipinski definition) is 0. The maximum atomic E-state index is 13.3. The Hall–Kier alpha value is -2.72. The Kier molecular flexibility index (Phi) is 5.16. The van der Waals surface area contributed by atoms with Crippen molar-refractivity contribution in [2.75, 3.05) is 0 Å². The Morgan fingerprint density at radius 1 is 0.852 bits per heavy atom. The standard InChI is InChI=1S/C23H19FN2S/c1-2-16-8-13-21-20(14-16)23(27-15-17-6-4-3-5-7-17)26-22(25-21)18-9-11-19(24)12-10-18/h3-14H,2,15H2,1H3. The molecular weight excluding hydrogens is 355 g/mol. The summed E-state index contributed by atoms with van der Waals surface area (Å²) in [6.45, 7) is 2.14. The average Bonchev–Trinajstić information content (AvgIpc) is 2.72. The normalized spacial score (nSPS) is 11.0. The lowest BCUT2D eigenvalue weighted by molar-refractivity contribution is 0.628. The van der Waals surface area contributed by atoms with Gasteiger partial charge in [0.1, 0.15) is 10.8 Å². The highest BCUT2D eigenvalue weighted by atomic mass is 32.2. The van der Waals surface area contributed by atoms with Gasteiger partial charge in [-0.15, -0.1) is 11.8 Å². The first-order valence-electron chi connectivity index (χ1n) is 8.96. The smallest absolute Gasteiger partial charge is 0.161 e. The molecule has 4 rings (SSSR count). The van der Waals surface area contributed by atoms with Crippen molar-refractivity contribution >= 4 is 22.7 Å². The summed E-state index contributed by atoms with van der Waals surface area (Å²) in [6, 6.07) is 23.0. The summed E-state index contributed by atoms with van der Waals surface area (Å²) in [4.78, 5) is 9.54. The summed E-state index contributed by atoms with van der Waals surface area (Å²) < 4.78 is 13.3. The minimum atomic E-state index is -0.259. The van der Waals surface area contributed by atoms with Gasteiger partial charge in [-0.25, -0.2) is 14.4 Å². The van der Waals surface area contributed by atoms with E-state index >= 15 is 0 Å². The summed E-state index contributed by atoms with van der Waals surface area (Å²) in [5.74, 6) is 1.21. The fraction of sp³-hybridized carbons (Fsp3) is 0.130. The highest BCUT2D eigenvalue weighted by Gasteiger charge is 2.11. The molecule has 0 N–H and O–H groups in total. The van der Waals surface area contributed by atoms with E-state index in [-0.39, 0.29) is 5.82 Å². The molecule has 0 radical (unpaired) electrons. The molecule has 0 fully saturated rings. The van der Waals surface area contributed by atoms with E-state index in [1.165, 1.54) is 23.3 Å². The van der Waals surface area contributed by atoms with E-state index < -0.39 is 0 Å². The minimum absolute atomic E-state index is 0.259. The van der Waals surface area contributed by atoms with Gasteiger partial charge in [0.05, 0.1) is 5.52 Å². The van der Waals surface area contributed by atoms with Crippen LogP contribution in [0.2, 0.25) is 0 Å². The molecule has 0 atom stereocenters. The zero-order valence-electron chi connectivity index (χ0n) is 15.0. The molecule has 0 unspecified atom stereocenters. The number of benzene rings is 3. The molecule has 3 aromatic carbocycles. The first kappa shape index (κ1) is 17.7. The SMILES string of the molecule is CCc1ccc2nc(-c3ccc(F)cc3)nc(SCc3ccccc3)c2c1. The number of hydrogen-bond acceptors (Lipinski definition) is 3. The fourth-order valence-corrected chi connectivity index (χ4v) is 3.90. The van der Waals surface area contributed by atoms with Crippen LogP contribution in [-0.2, 0) is 12.2 Å². The van der Waals surface area contributed by atoms with Gasteiger partial charge >= 0.3 is 0 Å². The molecule has 0 aliphatic carbocycles. The molecule has 0 bridgehead atoms. The molecule has 4 aromatic rings. The van der Waals surface area contributed by atoms with Gasteiger partial charge in [0.25, 0.3) is 0 Å². The van der Waals surface area contributed by atoms with E-state index in [0.29, 0.717) is 5.82 Å². The summed E-state index contributed by atoms with van der Waals surface area (Å²) in [5, 5.41) is 2.03. The lowest BCUT2D eigenvalue weighted by atomic mass is 10.1. The third-order valence-electron chi connectivity index (χ3n) is 4.45. The molecule has 1 heterocycles. The van der Waals surface area contributed by atoms with Crippen LogP contribution in [0.25, 0.3) is 22.3 Å². The molecule has 134 valence electrons. The number of nitrogens with zero attached hydrogens (tertiary/aromatic N) is 2. The van der Waals surface area contributed by atoms with Gasteiger partial charge in [-0.2, -0.15) is 0 Å². The third-order valence-corrected chi connectivity index (χ3v) is 5.52. The molecule has 0 aliphatic heterocycles. The summed E-state index contributed by atoms with van der Waals surface area (Å²) in [6.07, 6.45) is 0.971. The van der Waals surface area contributed by atoms with Crippen LogP contribution in [0.4, 0.5) is 4.39 Å². The Bertz CT molecular complexity index is 1060. The van der Waals surface area contributed by atoms with Gasteiger partial charge in [-0.1, -0.05) is 43.3 Å². The van der Waals surface area contributed by atoms with Crippen molar-refractivity contribution in [2.45, 2.75) is 24.1 Å². The van der Waals surface area contributed by atoms with Crippen LogP contribution in [0.15, 0.2) is 77.8 Å². The Labute approximate surface area is 162 Å². The molecule has 0 aliphatic rings. The number of rotatable bonds is 5. The minimum Gasteiger partial charge on any atom is -0.228 e. The van der Waals surface area contributed by atoms with Crippen molar-refractivity contribution in [1.29, 1.82) is 0 Å². The maximum absolute atomic E-state index is 13.3. The second-order valence-corrected chi connectivity index (χ2v) is 7.30. The van der Waals surface area contributed by atoms with Gasteiger partial charge in [0, 0.05) is 16.7 Å². The van der Waals surface area contributed by atoms with Crippen LogP contribution in [-0.4, -0.2) is 9.97 Å². The summed E-state index contributed by atoms with van der Waals surface area (Å²) >= 11 is 1.71. The van der Waals surface area contributed by atoms with E-state index in [1.807, 2.05) is 18.2 Å². The second kappa shape index (κ2) is 7.89. The topological polar surface area (TPSA) is 25.8 Å². The number of halogens is 1. The molecular formula is C23H19FN2S. The van der Waals surface area contributed by atoms with Crippen molar-refractivity contribution in [3.8, 4) is 11.4 Å². The van der Waals surface area contributed by atoms with Crippen molar-refractivity contribution in [3.05, 3.63) is 89.7 Å². The Morgan fingerprint density at radius 3 is 2.37 bits per heavy atom. The van der Waals surface area contributed by atoms with Gasteiger partial charge in [-0.3, -0.25) is 0 Å². The van der Waals surface area contributed by atoms with Gasteiger partial charge in [-0.05, 0) is 53.9 Å². The predicted octanol–water partition coefficient (Wildman–Crippen LogP) is 6.29. The quantitative estimate of drug-likeness (QED) is 0.303.